The Kier molecular flexibility index (Phi) is 3.71. The highest BCUT2D eigenvalue weighted by Crippen LogP contribution is 2.43. The fourth-order valence-corrected chi connectivity index (χ4v) is 3.88. The Morgan fingerprint density at radius 1 is 1.21 bits per heavy atom. The summed E-state index contributed by atoms with van der Waals surface area (Å²) >= 11 is 0. The first-order valence-corrected chi connectivity index (χ1v) is 7.80. The van der Waals surface area contributed by atoms with Crippen molar-refractivity contribution in [3.63, 3.8) is 0 Å². The van der Waals surface area contributed by atoms with Crippen molar-refractivity contribution in [1.82, 2.24) is 4.90 Å². The lowest BCUT2D eigenvalue weighted by atomic mass is 9.68. The third-order valence-electron chi connectivity index (χ3n) is 5.51. The standard InChI is InChI=1S/C16H27NO2/c1-3-16(7-4-8-16)13-17-9-5-14(6-10-17)15(2)18-11-12-19-15/h3,14H,1,4-13H2,2H3. The smallest absolute Gasteiger partial charge is 0.168 e. The van der Waals surface area contributed by atoms with Crippen LogP contribution in [0.3, 0.4) is 0 Å². The Bertz CT molecular complexity index is 324. The molecule has 0 aromatic rings. The lowest BCUT2D eigenvalue weighted by Gasteiger charge is -2.46. The second kappa shape index (κ2) is 5.19. The lowest BCUT2D eigenvalue weighted by molar-refractivity contribution is -0.191. The summed E-state index contributed by atoms with van der Waals surface area (Å²) < 4.78 is 11.6. The van der Waals surface area contributed by atoms with Crippen molar-refractivity contribution in [3.05, 3.63) is 12.7 Å². The average molecular weight is 265 g/mol. The second-order valence-electron chi connectivity index (χ2n) is 6.68. The Morgan fingerprint density at radius 2 is 1.84 bits per heavy atom. The van der Waals surface area contributed by atoms with Crippen LogP contribution >= 0.6 is 0 Å². The average Bonchev–Trinajstić information content (AvgIpc) is 2.83. The molecular formula is C16H27NO2. The molecule has 2 heterocycles. The molecule has 0 bridgehead atoms. The molecule has 0 aromatic carbocycles. The van der Waals surface area contributed by atoms with Gasteiger partial charge in [-0.05, 0) is 45.7 Å². The van der Waals surface area contributed by atoms with Crippen LogP contribution in [0.2, 0.25) is 0 Å². The summed E-state index contributed by atoms with van der Waals surface area (Å²) in [6, 6.07) is 0. The van der Waals surface area contributed by atoms with E-state index in [9.17, 15) is 0 Å². The minimum atomic E-state index is -0.307. The van der Waals surface area contributed by atoms with Gasteiger partial charge in [0.2, 0.25) is 0 Å². The molecule has 0 unspecified atom stereocenters. The Hall–Kier alpha value is -0.380. The zero-order valence-corrected chi connectivity index (χ0v) is 12.2. The van der Waals surface area contributed by atoms with Crippen LogP contribution in [0, 0.1) is 11.3 Å². The maximum Gasteiger partial charge on any atom is 0.168 e. The number of rotatable bonds is 4. The molecule has 3 heteroatoms. The number of likely N-dealkylation sites (tertiary alicyclic amines) is 1. The molecule has 3 fully saturated rings. The van der Waals surface area contributed by atoms with Crippen LogP contribution in [0.4, 0.5) is 0 Å². The quantitative estimate of drug-likeness (QED) is 0.730. The maximum atomic E-state index is 5.81. The van der Waals surface area contributed by atoms with Crippen molar-refractivity contribution in [3.8, 4) is 0 Å². The molecule has 108 valence electrons. The van der Waals surface area contributed by atoms with E-state index in [1.165, 1.54) is 51.7 Å². The van der Waals surface area contributed by atoms with Crippen molar-refractivity contribution < 1.29 is 9.47 Å². The van der Waals surface area contributed by atoms with Crippen molar-refractivity contribution in [2.45, 2.75) is 44.8 Å². The number of hydrogen-bond acceptors (Lipinski definition) is 3. The van der Waals surface area contributed by atoms with Gasteiger partial charge in [0, 0.05) is 17.9 Å². The molecule has 19 heavy (non-hydrogen) atoms. The highest BCUT2D eigenvalue weighted by Gasteiger charge is 2.42. The molecule has 1 aliphatic carbocycles. The summed E-state index contributed by atoms with van der Waals surface area (Å²) in [6.45, 7) is 11.3. The van der Waals surface area contributed by atoms with E-state index in [4.69, 9.17) is 9.47 Å². The van der Waals surface area contributed by atoms with Crippen LogP contribution in [0.1, 0.15) is 39.0 Å². The zero-order chi connectivity index (χ0) is 13.3. The SMILES string of the molecule is C=CC1(CN2CCC(C3(C)OCCO3)CC2)CCC1. The highest BCUT2D eigenvalue weighted by atomic mass is 16.7. The number of nitrogens with zero attached hydrogens (tertiary/aromatic N) is 1. The number of piperidine rings is 1. The molecule has 0 aromatic heterocycles. The predicted molar refractivity (Wildman–Crippen MR) is 76.0 cm³/mol. The van der Waals surface area contributed by atoms with Gasteiger partial charge in [-0.1, -0.05) is 12.5 Å². The van der Waals surface area contributed by atoms with Crippen LogP contribution in [0.15, 0.2) is 12.7 Å². The highest BCUT2D eigenvalue weighted by molar-refractivity contribution is 5.03. The molecule has 1 saturated carbocycles. The first-order chi connectivity index (χ1) is 9.16. The fourth-order valence-electron chi connectivity index (χ4n) is 3.88. The molecule has 3 aliphatic rings. The van der Waals surface area contributed by atoms with Gasteiger partial charge in [-0.3, -0.25) is 0 Å². The topological polar surface area (TPSA) is 21.7 Å². The van der Waals surface area contributed by atoms with Gasteiger partial charge in [0.25, 0.3) is 0 Å². The van der Waals surface area contributed by atoms with E-state index >= 15 is 0 Å². The van der Waals surface area contributed by atoms with Crippen molar-refractivity contribution in [2.24, 2.45) is 11.3 Å². The van der Waals surface area contributed by atoms with Crippen LogP contribution in [0.5, 0.6) is 0 Å². The molecule has 0 amide bonds. The second-order valence-corrected chi connectivity index (χ2v) is 6.68. The van der Waals surface area contributed by atoms with Crippen molar-refractivity contribution in [2.75, 3.05) is 32.8 Å². The van der Waals surface area contributed by atoms with E-state index in [2.05, 4.69) is 24.5 Å². The van der Waals surface area contributed by atoms with E-state index in [0.29, 0.717) is 11.3 Å². The first-order valence-electron chi connectivity index (χ1n) is 7.80. The Labute approximate surface area is 116 Å². The van der Waals surface area contributed by atoms with Crippen molar-refractivity contribution in [1.29, 1.82) is 0 Å². The minimum Gasteiger partial charge on any atom is -0.348 e. The lowest BCUT2D eigenvalue weighted by Crippen LogP contribution is -2.48. The van der Waals surface area contributed by atoms with Gasteiger partial charge >= 0.3 is 0 Å². The van der Waals surface area contributed by atoms with E-state index in [-0.39, 0.29) is 5.79 Å². The van der Waals surface area contributed by atoms with Gasteiger partial charge in [0.15, 0.2) is 5.79 Å². The summed E-state index contributed by atoms with van der Waals surface area (Å²) in [6.07, 6.45) is 8.64. The Balaban J connectivity index is 1.50. The van der Waals surface area contributed by atoms with Gasteiger partial charge < -0.3 is 14.4 Å². The molecule has 2 saturated heterocycles. The monoisotopic (exact) mass is 265 g/mol. The molecule has 0 spiro atoms. The van der Waals surface area contributed by atoms with Crippen LogP contribution in [-0.2, 0) is 9.47 Å². The summed E-state index contributed by atoms with van der Waals surface area (Å²) in [5, 5.41) is 0. The van der Waals surface area contributed by atoms with E-state index in [1.807, 2.05) is 0 Å². The van der Waals surface area contributed by atoms with E-state index < -0.39 is 0 Å². The zero-order valence-electron chi connectivity index (χ0n) is 12.2. The molecule has 0 atom stereocenters. The van der Waals surface area contributed by atoms with Crippen LogP contribution in [-0.4, -0.2) is 43.5 Å². The molecule has 0 radical (unpaired) electrons. The van der Waals surface area contributed by atoms with E-state index in [0.717, 1.165) is 13.2 Å². The minimum absolute atomic E-state index is 0.307. The van der Waals surface area contributed by atoms with Gasteiger partial charge in [0.1, 0.15) is 0 Å². The summed E-state index contributed by atoms with van der Waals surface area (Å²) in [7, 11) is 0. The number of ether oxygens (including phenoxy) is 2. The molecule has 3 nitrogen and oxygen atoms in total. The largest absolute Gasteiger partial charge is 0.348 e. The van der Waals surface area contributed by atoms with Gasteiger partial charge in [-0.25, -0.2) is 0 Å². The van der Waals surface area contributed by atoms with Crippen LogP contribution < -0.4 is 0 Å². The van der Waals surface area contributed by atoms with Crippen LogP contribution in [0.25, 0.3) is 0 Å². The Morgan fingerprint density at radius 3 is 2.32 bits per heavy atom. The molecule has 3 rings (SSSR count). The van der Waals surface area contributed by atoms with Gasteiger partial charge in [-0.15, -0.1) is 6.58 Å². The van der Waals surface area contributed by atoms with Crippen molar-refractivity contribution >= 4 is 0 Å². The normalized spacial score (nSPS) is 31.0. The molecular weight excluding hydrogens is 238 g/mol. The van der Waals surface area contributed by atoms with Gasteiger partial charge in [0.05, 0.1) is 13.2 Å². The summed E-state index contributed by atoms with van der Waals surface area (Å²) in [4.78, 5) is 2.62. The first kappa shape index (κ1) is 13.6. The summed E-state index contributed by atoms with van der Waals surface area (Å²) in [5.41, 5.74) is 0.428. The third-order valence-corrected chi connectivity index (χ3v) is 5.51. The van der Waals surface area contributed by atoms with Gasteiger partial charge in [-0.2, -0.15) is 0 Å². The number of hydrogen-bond donors (Lipinski definition) is 0. The van der Waals surface area contributed by atoms with E-state index in [1.54, 1.807) is 0 Å². The molecule has 0 N–H and O–H groups in total. The predicted octanol–water partition coefficient (Wildman–Crippen LogP) is 2.82. The molecule has 2 aliphatic heterocycles. The third kappa shape index (κ3) is 2.61. The maximum absolute atomic E-state index is 5.81. The summed E-state index contributed by atoms with van der Waals surface area (Å²) in [5.74, 6) is 0.255. The fraction of sp³-hybridized carbons (Fsp3) is 0.875.